The van der Waals surface area contributed by atoms with Gasteiger partial charge in [0.1, 0.15) is 5.76 Å². The summed E-state index contributed by atoms with van der Waals surface area (Å²) >= 11 is 12.2. The first kappa shape index (κ1) is 14.9. The molecule has 0 aliphatic carbocycles. The third-order valence-electron chi connectivity index (χ3n) is 3.81. The van der Waals surface area contributed by atoms with Crippen LogP contribution in [0.2, 0.25) is 10.0 Å². The van der Waals surface area contributed by atoms with Gasteiger partial charge < -0.3 is 9.73 Å². The molecule has 1 N–H and O–H groups in total. The lowest BCUT2D eigenvalue weighted by Gasteiger charge is -2.29. The van der Waals surface area contributed by atoms with Gasteiger partial charge in [0, 0.05) is 19.6 Å². The fraction of sp³-hybridized carbons (Fsp3) is 0.375. The number of nitrogens with one attached hydrogen (secondary N) is 1. The van der Waals surface area contributed by atoms with Crippen LogP contribution in [0, 0.1) is 0 Å². The Kier molecular flexibility index (Phi) is 4.86. The Labute approximate surface area is 134 Å². The molecule has 1 aliphatic rings. The molecule has 2 aromatic rings. The molecule has 1 unspecified atom stereocenters. The lowest BCUT2D eigenvalue weighted by Crippen LogP contribution is -2.32. The molecule has 5 heteroatoms. The van der Waals surface area contributed by atoms with Gasteiger partial charge in [-0.05, 0) is 42.8 Å². The zero-order valence-electron chi connectivity index (χ0n) is 11.7. The molecule has 0 spiro atoms. The molecule has 0 saturated carbocycles. The van der Waals surface area contributed by atoms with Gasteiger partial charge >= 0.3 is 0 Å². The maximum atomic E-state index is 6.20. The summed E-state index contributed by atoms with van der Waals surface area (Å²) in [4.78, 5) is 2.43. The standard InChI is InChI=1S/C16H18Cl2N2O/c17-13-5-4-12(11-14(13)18)16(15-3-1-10-21-15)20-8-2-6-19-7-9-20/h1,3-5,10-11,16,19H,2,6-9H2. The second kappa shape index (κ2) is 6.84. The fourth-order valence-electron chi connectivity index (χ4n) is 2.81. The van der Waals surface area contributed by atoms with E-state index in [1.54, 1.807) is 6.26 Å². The highest BCUT2D eigenvalue weighted by Gasteiger charge is 2.25. The molecule has 21 heavy (non-hydrogen) atoms. The average molecular weight is 325 g/mol. The van der Waals surface area contributed by atoms with Gasteiger partial charge in [0.05, 0.1) is 22.4 Å². The Hall–Kier alpha value is -1.00. The predicted octanol–water partition coefficient (Wildman–Crippen LogP) is 3.97. The summed E-state index contributed by atoms with van der Waals surface area (Å²) in [5.74, 6) is 0.940. The van der Waals surface area contributed by atoms with Crippen LogP contribution < -0.4 is 5.32 Å². The highest BCUT2D eigenvalue weighted by molar-refractivity contribution is 6.42. The summed E-state index contributed by atoms with van der Waals surface area (Å²) in [6.45, 7) is 4.05. The second-order valence-corrected chi connectivity index (χ2v) is 6.05. The minimum absolute atomic E-state index is 0.0784. The molecule has 2 heterocycles. The lowest BCUT2D eigenvalue weighted by atomic mass is 10.0. The van der Waals surface area contributed by atoms with E-state index in [-0.39, 0.29) is 6.04 Å². The smallest absolute Gasteiger partial charge is 0.125 e. The van der Waals surface area contributed by atoms with E-state index < -0.39 is 0 Å². The molecule has 0 bridgehead atoms. The zero-order chi connectivity index (χ0) is 14.7. The van der Waals surface area contributed by atoms with Crippen LogP contribution in [0.1, 0.15) is 23.8 Å². The molecular weight excluding hydrogens is 307 g/mol. The van der Waals surface area contributed by atoms with Crippen LogP contribution in [-0.2, 0) is 0 Å². The normalized spacial score (nSPS) is 18.4. The molecule has 1 fully saturated rings. The van der Waals surface area contributed by atoms with Crippen molar-refractivity contribution in [2.45, 2.75) is 12.5 Å². The van der Waals surface area contributed by atoms with E-state index in [1.165, 1.54) is 0 Å². The number of nitrogens with zero attached hydrogens (tertiary/aromatic N) is 1. The van der Waals surface area contributed by atoms with Gasteiger partial charge in [-0.2, -0.15) is 0 Å². The number of hydrogen-bond acceptors (Lipinski definition) is 3. The van der Waals surface area contributed by atoms with Crippen molar-refractivity contribution in [2.24, 2.45) is 0 Å². The van der Waals surface area contributed by atoms with E-state index in [0.717, 1.165) is 43.9 Å². The maximum Gasteiger partial charge on any atom is 0.125 e. The van der Waals surface area contributed by atoms with Gasteiger partial charge in [0.2, 0.25) is 0 Å². The summed E-state index contributed by atoms with van der Waals surface area (Å²) < 4.78 is 5.68. The van der Waals surface area contributed by atoms with Gasteiger partial charge in [-0.3, -0.25) is 4.90 Å². The molecule has 1 aromatic carbocycles. The first-order valence-corrected chi connectivity index (χ1v) is 7.94. The van der Waals surface area contributed by atoms with Crippen molar-refractivity contribution in [3.05, 3.63) is 58.0 Å². The Morgan fingerprint density at radius 1 is 1.10 bits per heavy atom. The molecule has 0 radical (unpaired) electrons. The monoisotopic (exact) mass is 324 g/mol. The summed E-state index contributed by atoms with van der Waals surface area (Å²) in [6.07, 6.45) is 2.84. The van der Waals surface area contributed by atoms with Gasteiger partial charge in [-0.15, -0.1) is 0 Å². The first-order valence-electron chi connectivity index (χ1n) is 7.19. The van der Waals surface area contributed by atoms with Crippen molar-refractivity contribution in [3.63, 3.8) is 0 Å². The molecule has 1 aromatic heterocycles. The van der Waals surface area contributed by atoms with Gasteiger partial charge in [-0.25, -0.2) is 0 Å². The number of rotatable bonds is 3. The summed E-state index contributed by atoms with van der Waals surface area (Å²) in [6, 6.07) is 9.84. The Balaban J connectivity index is 1.97. The van der Waals surface area contributed by atoms with Crippen LogP contribution in [0.5, 0.6) is 0 Å². The maximum absolute atomic E-state index is 6.20. The topological polar surface area (TPSA) is 28.4 Å². The van der Waals surface area contributed by atoms with E-state index in [4.69, 9.17) is 27.6 Å². The third-order valence-corrected chi connectivity index (χ3v) is 4.55. The highest BCUT2D eigenvalue weighted by Crippen LogP contribution is 2.33. The van der Waals surface area contributed by atoms with Crippen molar-refractivity contribution in [1.29, 1.82) is 0 Å². The van der Waals surface area contributed by atoms with Crippen molar-refractivity contribution < 1.29 is 4.42 Å². The number of hydrogen-bond donors (Lipinski definition) is 1. The van der Waals surface area contributed by atoms with Crippen molar-refractivity contribution in [1.82, 2.24) is 10.2 Å². The van der Waals surface area contributed by atoms with Crippen molar-refractivity contribution >= 4 is 23.2 Å². The zero-order valence-corrected chi connectivity index (χ0v) is 13.2. The predicted molar refractivity (Wildman–Crippen MR) is 86.1 cm³/mol. The number of furan rings is 1. The summed E-state index contributed by atoms with van der Waals surface area (Å²) in [5, 5.41) is 4.59. The largest absolute Gasteiger partial charge is 0.467 e. The molecule has 112 valence electrons. The third kappa shape index (κ3) is 3.43. The van der Waals surface area contributed by atoms with Crippen molar-refractivity contribution in [2.75, 3.05) is 26.2 Å². The van der Waals surface area contributed by atoms with Crippen LogP contribution in [0.25, 0.3) is 0 Å². The quantitative estimate of drug-likeness (QED) is 0.925. The number of benzene rings is 1. The van der Waals surface area contributed by atoms with Gasteiger partial charge in [0.25, 0.3) is 0 Å². The minimum Gasteiger partial charge on any atom is -0.467 e. The Bertz CT molecular complexity index is 578. The Morgan fingerprint density at radius 3 is 2.76 bits per heavy atom. The van der Waals surface area contributed by atoms with Gasteiger partial charge in [0.15, 0.2) is 0 Å². The van der Waals surface area contributed by atoms with E-state index >= 15 is 0 Å². The van der Waals surface area contributed by atoms with Crippen LogP contribution in [0.3, 0.4) is 0 Å². The summed E-state index contributed by atoms with van der Waals surface area (Å²) in [5.41, 5.74) is 1.11. The summed E-state index contributed by atoms with van der Waals surface area (Å²) in [7, 11) is 0. The SMILES string of the molecule is Clc1ccc(C(c2ccco2)N2CCCNCC2)cc1Cl. The minimum atomic E-state index is 0.0784. The molecule has 0 amide bonds. The molecular formula is C16H18Cl2N2O. The Morgan fingerprint density at radius 2 is 2.00 bits per heavy atom. The molecule has 3 rings (SSSR count). The van der Waals surface area contributed by atoms with E-state index in [0.29, 0.717) is 10.0 Å². The highest BCUT2D eigenvalue weighted by atomic mass is 35.5. The number of halogens is 2. The van der Waals surface area contributed by atoms with Crippen LogP contribution >= 0.6 is 23.2 Å². The molecule has 1 saturated heterocycles. The molecule has 3 nitrogen and oxygen atoms in total. The van der Waals surface area contributed by atoms with E-state index in [2.05, 4.69) is 10.2 Å². The van der Waals surface area contributed by atoms with Crippen molar-refractivity contribution in [3.8, 4) is 0 Å². The van der Waals surface area contributed by atoms with E-state index in [1.807, 2.05) is 30.3 Å². The van der Waals surface area contributed by atoms with E-state index in [9.17, 15) is 0 Å². The molecule has 1 atom stereocenters. The van der Waals surface area contributed by atoms with Crippen LogP contribution in [-0.4, -0.2) is 31.1 Å². The first-order chi connectivity index (χ1) is 10.3. The van der Waals surface area contributed by atoms with Crippen LogP contribution in [0.15, 0.2) is 41.0 Å². The lowest BCUT2D eigenvalue weighted by molar-refractivity contribution is 0.216. The average Bonchev–Trinajstić information content (AvgIpc) is 2.86. The molecule has 1 aliphatic heterocycles. The van der Waals surface area contributed by atoms with Crippen LogP contribution in [0.4, 0.5) is 0 Å². The van der Waals surface area contributed by atoms with Gasteiger partial charge in [-0.1, -0.05) is 29.3 Å². The second-order valence-electron chi connectivity index (χ2n) is 5.23. The fourth-order valence-corrected chi connectivity index (χ4v) is 3.12.